The first-order valence-electron chi connectivity index (χ1n) is 19.5. The summed E-state index contributed by atoms with van der Waals surface area (Å²) in [6.45, 7) is 0. The second-order valence-corrected chi connectivity index (χ2v) is 15.2. The fourth-order valence-corrected chi connectivity index (χ4v) is 10.1. The third-order valence-corrected chi connectivity index (χ3v) is 12.4. The molecule has 0 fully saturated rings. The van der Waals surface area contributed by atoms with E-state index in [0.29, 0.717) is 0 Å². The Bertz CT molecular complexity index is 3050. The molecular weight excluding hydrogens is 675 g/mol. The van der Waals surface area contributed by atoms with Crippen LogP contribution in [-0.2, 0) is 5.41 Å². The van der Waals surface area contributed by atoms with Crippen molar-refractivity contribution in [3.05, 3.63) is 235 Å². The van der Waals surface area contributed by atoms with Crippen molar-refractivity contribution >= 4 is 21.8 Å². The van der Waals surface area contributed by atoms with E-state index in [1.54, 1.807) is 0 Å². The molecule has 9 aromatic carbocycles. The van der Waals surface area contributed by atoms with E-state index in [2.05, 4.69) is 217 Å². The molecule has 0 unspecified atom stereocenters. The van der Waals surface area contributed by atoms with Crippen LogP contribution in [-0.4, -0.2) is 4.57 Å². The van der Waals surface area contributed by atoms with Gasteiger partial charge in [-0.2, -0.15) is 0 Å². The maximum Gasteiger partial charge on any atom is 0.0746 e. The molecule has 0 saturated heterocycles. The molecular formula is C55H35N. The summed E-state index contributed by atoms with van der Waals surface area (Å²) in [5.41, 5.74) is 21.1. The van der Waals surface area contributed by atoms with Crippen molar-refractivity contribution in [1.82, 2.24) is 4.57 Å². The minimum Gasteiger partial charge on any atom is -0.309 e. The van der Waals surface area contributed by atoms with Gasteiger partial charge in [-0.05, 0) is 115 Å². The van der Waals surface area contributed by atoms with Gasteiger partial charge in [0.2, 0.25) is 0 Å². The van der Waals surface area contributed by atoms with Gasteiger partial charge < -0.3 is 4.57 Å². The van der Waals surface area contributed by atoms with Crippen LogP contribution in [0, 0.1) is 0 Å². The summed E-state index contributed by atoms with van der Waals surface area (Å²) in [6.07, 6.45) is 0. The van der Waals surface area contributed by atoms with Gasteiger partial charge in [-0.3, -0.25) is 0 Å². The number of rotatable bonds is 4. The second-order valence-electron chi connectivity index (χ2n) is 15.2. The van der Waals surface area contributed by atoms with Crippen molar-refractivity contribution in [3.63, 3.8) is 0 Å². The molecule has 12 rings (SSSR count). The summed E-state index contributed by atoms with van der Waals surface area (Å²) in [4.78, 5) is 0. The normalized spacial score (nSPS) is 13.1. The predicted octanol–water partition coefficient (Wildman–Crippen LogP) is 14.1. The molecule has 0 aliphatic heterocycles. The van der Waals surface area contributed by atoms with Gasteiger partial charge in [0.25, 0.3) is 0 Å². The first-order chi connectivity index (χ1) is 27.8. The minimum atomic E-state index is -0.461. The molecule has 260 valence electrons. The summed E-state index contributed by atoms with van der Waals surface area (Å²) in [6, 6.07) is 78.7. The van der Waals surface area contributed by atoms with Gasteiger partial charge >= 0.3 is 0 Å². The molecule has 1 heterocycles. The lowest BCUT2D eigenvalue weighted by Crippen LogP contribution is -2.26. The topological polar surface area (TPSA) is 4.93 Å². The van der Waals surface area contributed by atoms with Crippen LogP contribution in [0.15, 0.2) is 212 Å². The van der Waals surface area contributed by atoms with E-state index in [1.807, 2.05) is 0 Å². The highest BCUT2D eigenvalue weighted by molar-refractivity contribution is 6.15. The maximum atomic E-state index is 2.54. The summed E-state index contributed by atoms with van der Waals surface area (Å²) in [5, 5.41) is 2.52. The van der Waals surface area contributed by atoms with Gasteiger partial charge in [-0.1, -0.05) is 170 Å². The Morgan fingerprint density at radius 2 is 0.768 bits per heavy atom. The molecule has 2 aliphatic rings. The molecule has 0 saturated carbocycles. The molecule has 1 heteroatoms. The number of hydrogen-bond acceptors (Lipinski definition) is 0. The molecule has 1 nitrogen and oxygen atoms in total. The largest absolute Gasteiger partial charge is 0.309 e. The average molecular weight is 710 g/mol. The lowest BCUT2D eigenvalue weighted by molar-refractivity contribution is 0.797. The Kier molecular flexibility index (Phi) is 6.62. The van der Waals surface area contributed by atoms with Crippen LogP contribution in [0.1, 0.15) is 22.3 Å². The predicted molar refractivity (Wildman–Crippen MR) is 233 cm³/mol. The monoisotopic (exact) mass is 709 g/mol. The van der Waals surface area contributed by atoms with Gasteiger partial charge in [0.1, 0.15) is 0 Å². The van der Waals surface area contributed by atoms with Crippen LogP contribution in [0.3, 0.4) is 0 Å². The Morgan fingerprint density at radius 1 is 0.304 bits per heavy atom. The molecule has 0 radical (unpaired) electrons. The molecule has 0 amide bonds. The molecule has 1 spiro atoms. The highest BCUT2D eigenvalue weighted by Gasteiger charge is 2.53. The molecule has 10 aromatic rings. The highest BCUT2D eigenvalue weighted by Crippen LogP contribution is 2.64. The van der Waals surface area contributed by atoms with E-state index in [4.69, 9.17) is 0 Å². The van der Waals surface area contributed by atoms with Crippen molar-refractivity contribution in [3.8, 4) is 61.3 Å². The quantitative estimate of drug-likeness (QED) is 0.171. The van der Waals surface area contributed by atoms with Crippen LogP contribution in [0.2, 0.25) is 0 Å². The Labute approximate surface area is 326 Å². The van der Waals surface area contributed by atoms with Crippen molar-refractivity contribution in [1.29, 1.82) is 0 Å². The lowest BCUT2D eigenvalue weighted by atomic mass is 9.70. The number of nitrogens with zero attached hydrogens (tertiary/aromatic N) is 1. The fourth-order valence-electron chi connectivity index (χ4n) is 10.1. The van der Waals surface area contributed by atoms with E-state index >= 15 is 0 Å². The second kappa shape index (κ2) is 11.9. The van der Waals surface area contributed by atoms with Crippen LogP contribution in [0.4, 0.5) is 0 Å². The molecule has 0 atom stereocenters. The molecule has 1 aromatic heterocycles. The van der Waals surface area contributed by atoms with Gasteiger partial charge in [0.05, 0.1) is 16.4 Å². The Morgan fingerprint density at radius 3 is 1.32 bits per heavy atom. The Hall–Kier alpha value is -7.22. The smallest absolute Gasteiger partial charge is 0.0746 e. The summed E-state index contributed by atoms with van der Waals surface area (Å²) >= 11 is 0. The van der Waals surface area contributed by atoms with E-state index < -0.39 is 5.41 Å². The van der Waals surface area contributed by atoms with Crippen molar-refractivity contribution < 1.29 is 0 Å². The van der Waals surface area contributed by atoms with E-state index in [9.17, 15) is 0 Å². The number of para-hydroxylation sites is 1. The highest BCUT2D eigenvalue weighted by atomic mass is 15.0. The number of fused-ring (bicyclic) bond motifs is 14. The van der Waals surface area contributed by atoms with Gasteiger partial charge in [0, 0.05) is 22.0 Å². The van der Waals surface area contributed by atoms with Crippen molar-refractivity contribution in [2.45, 2.75) is 5.41 Å². The number of benzene rings is 9. The number of hydrogen-bond donors (Lipinski definition) is 0. The zero-order chi connectivity index (χ0) is 36.8. The number of aromatic nitrogens is 1. The summed E-state index contributed by atoms with van der Waals surface area (Å²) in [7, 11) is 0. The molecule has 2 aliphatic carbocycles. The van der Waals surface area contributed by atoms with Gasteiger partial charge in [0.15, 0.2) is 0 Å². The SMILES string of the molecule is c1ccc(-c2cc(-c3ccccc3)cc(-c3ccc4c(c3)c3ccc5c(c3n4-c3ccccc3)C3(c4ccccc4-c4ccccc43)c3ccccc3-5)c2)cc1. The van der Waals surface area contributed by atoms with Crippen LogP contribution in [0.5, 0.6) is 0 Å². The fraction of sp³-hybridized carbons (Fsp3) is 0.0182. The first-order valence-corrected chi connectivity index (χ1v) is 19.5. The van der Waals surface area contributed by atoms with Crippen LogP contribution < -0.4 is 0 Å². The Balaban J connectivity index is 1.19. The zero-order valence-electron chi connectivity index (χ0n) is 30.7. The molecule has 56 heavy (non-hydrogen) atoms. The van der Waals surface area contributed by atoms with E-state index in [1.165, 1.54) is 99.7 Å². The summed E-state index contributed by atoms with van der Waals surface area (Å²) in [5.74, 6) is 0. The molecule has 0 bridgehead atoms. The van der Waals surface area contributed by atoms with Gasteiger partial charge in [-0.15, -0.1) is 0 Å². The van der Waals surface area contributed by atoms with Crippen molar-refractivity contribution in [2.24, 2.45) is 0 Å². The van der Waals surface area contributed by atoms with Crippen LogP contribution >= 0.6 is 0 Å². The summed E-state index contributed by atoms with van der Waals surface area (Å²) < 4.78 is 2.54. The van der Waals surface area contributed by atoms with Crippen molar-refractivity contribution in [2.75, 3.05) is 0 Å². The van der Waals surface area contributed by atoms with E-state index in [0.717, 1.165) is 5.69 Å². The first kappa shape index (κ1) is 31.2. The third-order valence-electron chi connectivity index (χ3n) is 12.4. The third kappa shape index (κ3) is 4.26. The standard InChI is InChI=1S/C55H35N/c1-4-16-36(17-5-1)39-32-40(37-18-6-2-7-19-37)34-41(33-39)38-28-31-52-48(35-38)47-30-29-46-45-24-12-15-27-51(45)55(53(46)54(47)56(52)42-20-8-3-9-21-42)49-25-13-10-22-43(49)44-23-11-14-26-50(44)55/h1-35H. The van der Waals surface area contributed by atoms with Crippen LogP contribution in [0.25, 0.3) is 83.1 Å². The van der Waals surface area contributed by atoms with E-state index in [-0.39, 0.29) is 0 Å². The zero-order valence-corrected chi connectivity index (χ0v) is 30.7. The molecule has 0 N–H and O–H groups in total. The minimum absolute atomic E-state index is 0.461. The average Bonchev–Trinajstić information content (AvgIpc) is 3.89. The maximum absolute atomic E-state index is 2.54. The lowest BCUT2D eigenvalue weighted by Gasteiger charge is -2.31. The van der Waals surface area contributed by atoms with Gasteiger partial charge in [-0.25, -0.2) is 0 Å².